The lowest BCUT2D eigenvalue weighted by Crippen LogP contribution is -1.92. The summed E-state index contributed by atoms with van der Waals surface area (Å²) in [6, 6.07) is 12.6. The molecule has 32 heavy (non-hydrogen) atoms. The van der Waals surface area contributed by atoms with E-state index in [1.807, 2.05) is 0 Å². The summed E-state index contributed by atoms with van der Waals surface area (Å²) in [4.78, 5) is 2.22. The summed E-state index contributed by atoms with van der Waals surface area (Å²) in [6.45, 7) is 0. The Morgan fingerprint density at radius 2 is 1.16 bits per heavy atom. The Balaban J connectivity index is 1.91. The number of ether oxygens (including phenoxy) is 2. The van der Waals surface area contributed by atoms with E-state index in [2.05, 4.69) is 112 Å². The highest BCUT2D eigenvalue weighted by Crippen LogP contribution is 2.43. The number of hydrogen-bond acceptors (Lipinski definition) is 6. The Hall–Kier alpha value is -1.02. The molecule has 2 aromatic heterocycles. The lowest BCUT2D eigenvalue weighted by Gasteiger charge is -2.14. The van der Waals surface area contributed by atoms with Gasteiger partial charge in [-0.1, -0.05) is 11.8 Å². The fourth-order valence-corrected chi connectivity index (χ4v) is 6.08. The minimum Gasteiger partial charge on any atom is -0.496 e. The molecule has 0 atom stereocenters. The summed E-state index contributed by atoms with van der Waals surface area (Å²) in [5.41, 5.74) is 4.09. The number of fused-ring (bicyclic) bond motifs is 1. The van der Waals surface area contributed by atoms with E-state index in [4.69, 9.17) is 9.47 Å². The molecule has 4 rings (SSSR count). The number of thiophene rings is 2. The quantitative estimate of drug-likeness (QED) is 0.155. The minimum absolute atomic E-state index is 0.828. The molecule has 2 aromatic carbocycles. The third kappa shape index (κ3) is 5.06. The summed E-state index contributed by atoms with van der Waals surface area (Å²) in [5, 5.41) is 12.5. The zero-order chi connectivity index (χ0) is 22.5. The van der Waals surface area contributed by atoms with Crippen LogP contribution in [-0.2, 0) is 0 Å². The molecule has 0 spiro atoms. The van der Waals surface area contributed by atoms with Crippen LogP contribution in [0.5, 0.6) is 11.5 Å². The molecule has 0 amide bonds. The number of methoxy groups -OCH3 is 2. The molecule has 2 nitrogen and oxygen atoms in total. The molecule has 0 fully saturated rings. The van der Waals surface area contributed by atoms with Crippen LogP contribution in [-0.4, -0.2) is 14.2 Å². The molecule has 160 valence electrons. The molecule has 0 N–H and O–H groups in total. The fourth-order valence-electron chi connectivity index (χ4n) is 3.38. The molecule has 0 unspecified atom stereocenters. The monoisotopic (exact) mass is 716 g/mol. The molecule has 0 aliphatic rings. The van der Waals surface area contributed by atoms with E-state index < -0.39 is 0 Å². The number of hydrogen-bond donors (Lipinski definition) is 0. The molecule has 8 heteroatoms. The van der Waals surface area contributed by atoms with Crippen molar-refractivity contribution in [1.82, 2.24) is 0 Å². The van der Waals surface area contributed by atoms with Crippen molar-refractivity contribution in [3.63, 3.8) is 0 Å². The van der Waals surface area contributed by atoms with Crippen molar-refractivity contribution in [2.45, 2.75) is 0 Å². The van der Waals surface area contributed by atoms with Gasteiger partial charge in [-0.05, 0) is 86.3 Å². The molecule has 4 aromatic rings. The maximum Gasteiger partial charge on any atom is 0.128 e. The zero-order valence-electron chi connectivity index (χ0n) is 16.8. The molecular formula is C24H14I2O2S4. The van der Waals surface area contributed by atoms with Crippen LogP contribution in [0.1, 0.15) is 11.1 Å². The smallest absolute Gasteiger partial charge is 0.128 e. The Morgan fingerprint density at radius 1 is 0.719 bits per heavy atom. The van der Waals surface area contributed by atoms with Gasteiger partial charge < -0.3 is 9.47 Å². The largest absolute Gasteiger partial charge is 0.496 e. The van der Waals surface area contributed by atoms with Gasteiger partial charge in [0.2, 0.25) is 0 Å². The van der Waals surface area contributed by atoms with Crippen molar-refractivity contribution in [3.05, 3.63) is 58.3 Å². The molecule has 0 radical (unpaired) electrons. The zero-order valence-corrected chi connectivity index (χ0v) is 24.4. The molecule has 0 aliphatic carbocycles. The molecule has 0 saturated carbocycles. The summed E-state index contributed by atoms with van der Waals surface area (Å²) in [6.07, 6.45) is 0. The Kier molecular flexibility index (Phi) is 8.60. The van der Waals surface area contributed by atoms with E-state index in [1.165, 1.54) is 17.9 Å². The van der Waals surface area contributed by atoms with Crippen molar-refractivity contribution in [3.8, 4) is 54.7 Å². The molecule has 0 bridgehead atoms. The van der Waals surface area contributed by atoms with Crippen LogP contribution in [0.25, 0.3) is 31.7 Å². The van der Waals surface area contributed by atoms with Crippen molar-refractivity contribution in [1.29, 1.82) is 0 Å². The third-order valence-electron chi connectivity index (χ3n) is 4.75. The number of benzene rings is 2. The van der Waals surface area contributed by atoms with Gasteiger partial charge in [0.05, 0.1) is 24.0 Å². The normalized spacial score (nSPS) is 10.2. The average molecular weight is 716 g/mol. The maximum absolute atomic E-state index is 5.80. The van der Waals surface area contributed by atoms with Crippen molar-refractivity contribution in [2.75, 3.05) is 14.2 Å². The van der Waals surface area contributed by atoms with E-state index in [1.54, 1.807) is 36.9 Å². The number of halogens is 2. The molecular weight excluding hydrogens is 702 g/mol. The molecule has 2 heterocycles. The highest BCUT2D eigenvalue weighted by molar-refractivity contribution is 14.2. The summed E-state index contributed by atoms with van der Waals surface area (Å²) >= 11 is 7.72. The lowest BCUT2D eigenvalue weighted by atomic mass is 9.99. The van der Waals surface area contributed by atoms with Gasteiger partial charge in [0.1, 0.15) is 11.5 Å². The SMILES string of the molecule is COc1cc2cc(-c3sccc3C#CSI)c(OC)cc2cc1-c1sccc1C#CSI. The summed E-state index contributed by atoms with van der Waals surface area (Å²) in [7, 11) is 6.39. The second-order valence-corrected chi connectivity index (χ2v) is 11.6. The highest BCUT2D eigenvalue weighted by Gasteiger charge is 2.17. The van der Waals surface area contributed by atoms with Crippen molar-refractivity contribution < 1.29 is 9.47 Å². The average Bonchev–Trinajstić information content (AvgIpc) is 3.48. The van der Waals surface area contributed by atoms with Gasteiger partial charge in [0, 0.05) is 64.7 Å². The van der Waals surface area contributed by atoms with E-state index in [0.717, 1.165) is 54.3 Å². The van der Waals surface area contributed by atoms with Gasteiger partial charge in [0.25, 0.3) is 0 Å². The van der Waals surface area contributed by atoms with Crippen LogP contribution in [0, 0.1) is 22.3 Å². The van der Waals surface area contributed by atoms with Gasteiger partial charge in [-0.15, -0.1) is 22.7 Å². The first-order valence-electron chi connectivity index (χ1n) is 9.12. The van der Waals surface area contributed by atoms with Gasteiger partial charge in [-0.2, -0.15) is 0 Å². The second-order valence-electron chi connectivity index (χ2n) is 6.39. The highest BCUT2D eigenvalue weighted by atomic mass is 127. The summed E-state index contributed by atoms with van der Waals surface area (Å²) in [5.74, 6) is 8.13. The predicted octanol–water partition coefficient (Wildman–Crippen LogP) is 9.10. The first kappa shape index (κ1) is 24.1. The third-order valence-corrected chi connectivity index (χ3v) is 8.32. The number of rotatable bonds is 4. The topological polar surface area (TPSA) is 18.5 Å². The summed E-state index contributed by atoms with van der Waals surface area (Å²) < 4.78 is 11.6. The van der Waals surface area contributed by atoms with Crippen LogP contribution in [0.2, 0.25) is 0 Å². The van der Waals surface area contributed by atoms with Crippen LogP contribution in [0.15, 0.2) is 47.2 Å². The predicted molar refractivity (Wildman–Crippen MR) is 161 cm³/mol. The Morgan fingerprint density at radius 3 is 1.53 bits per heavy atom. The van der Waals surface area contributed by atoms with Crippen molar-refractivity contribution >= 4 is 93.7 Å². The minimum atomic E-state index is 0.828. The first-order valence-corrected chi connectivity index (χ1v) is 17.6. The fraction of sp³-hybridized carbons (Fsp3) is 0.0833. The van der Waals surface area contributed by atoms with E-state index >= 15 is 0 Å². The van der Waals surface area contributed by atoms with Gasteiger partial charge in [-0.25, -0.2) is 0 Å². The van der Waals surface area contributed by atoms with E-state index in [-0.39, 0.29) is 0 Å². The van der Waals surface area contributed by atoms with Crippen LogP contribution >= 0.6 is 83.0 Å². The van der Waals surface area contributed by atoms with Crippen LogP contribution in [0.4, 0.5) is 0 Å². The lowest BCUT2D eigenvalue weighted by molar-refractivity contribution is 0.416. The van der Waals surface area contributed by atoms with Crippen molar-refractivity contribution in [2.24, 2.45) is 0 Å². The maximum atomic E-state index is 5.80. The molecule has 0 saturated heterocycles. The molecule has 0 aliphatic heterocycles. The second kappa shape index (κ2) is 11.4. The standard InChI is InChI=1S/C24H14I2O2S4/c1-27-21-13-17-12-20(24-16(4-8-30-24)6-10-32-26)22(28-2)14-18(17)11-19(21)23-15(3-7-29-23)5-9-31-25/h3-4,7-8,11-14H,1-2H3. The Labute approximate surface area is 228 Å². The van der Waals surface area contributed by atoms with Crippen LogP contribution in [0.3, 0.4) is 0 Å². The van der Waals surface area contributed by atoms with E-state index in [9.17, 15) is 0 Å². The van der Waals surface area contributed by atoms with Gasteiger partial charge in [-0.3, -0.25) is 0 Å². The van der Waals surface area contributed by atoms with E-state index in [0.29, 0.717) is 0 Å². The van der Waals surface area contributed by atoms with Gasteiger partial charge >= 0.3 is 0 Å². The van der Waals surface area contributed by atoms with Gasteiger partial charge in [0.15, 0.2) is 0 Å². The Bertz CT molecular complexity index is 1290. The van der Waals surface area contributed by atoms with Crippen LogP contribution < -0.4 is 9.47 Å². The first-order chi connectivity index (χ1) is 15.7.